The van der Waals surface area contributed by atoms with Crippen LogP contribution in [0.5, 0.6) is 0 Å². The molecule has 0 bridgehead atoms. The van der Waals surface area contributed by atoms with E-state index in [1.54, 1.807) is 0 Å². The maximum Gasteiger partial charge on any atom is 0.336 e. The number of carboxylic acid groups (broad SMARTS) is 2. The second kappa shape index (κ2) is 7.46. The van der Waals surface area contributed by atoms with Crippen LogP contribution in [0.1, 0.15) is 27.2 Å². The van der Waals surface area contributed by atoms with E-state index in [1.165, 1.54) is 20.8 Å². The van der Waals surface area contributed by atoms with Crippen LogP contribution in [0.2, 0.25) is 0 Å². The first-order valence-corrected chi connectivity index (χ1v) is 6.11. The summed E-state index contributed by atoms with van der Waals surface area (Å²) in [5.74, 6) is -8.13. The number of carboxylic acids is 2. The number of hydrogen-bond acceptors (Lipinski definition) is 6. The SMILES string of the molecule is CCOC(=O)C(C(=O)O)(C(=O)OCC)C(CC)C(=O)O. The summed E-state index contributed by atoms with van der Waals surface area (Å²) in [5, 5.41) is 18.4. The molecular formula is C12H18O8. The Morgan fingerprint density at radius 3 is 1.55 bits per heavy atom. The number of ether oxygens (including phenoxy) is 2. The van der Waals surface area contributed by atoms with Crippen LogP contribution in [0.15, 0.2) is 0 Å². The third-order valence-corrected chi connectivity index (χ3v) is 2.76. The summed E-state index contributed by atoms with van der Waals surface area (Å²) in [6.45, 7) is 3.80. The van der Waals surface area contributed by atoms with Crippen molar-refractivity contribution in [1.82, 2.24) is 0 Å². The van der Waals surface area contributed by atoms with E-state index in [4.69, 9.17) is 5.11 Å². The Labute approximate surface area is 115 Å². The first-order valence-electron chi connectivity index (χ1n) is 6.11. The Morgan fingerprint density at radius 1 is 0.950 bits per heavy atom. The molecule has 0 spiro atoms. The van der Waals surface area contributed by atoms with E-state index in [2.05, 4.69) is 9.47 Å². The fourth-order valence-corrected chi connectivity index (χ4v) is 1.85. The summed E-state index contributed by atoms with van der Waals surface area (Å²) in [4.78, 5) is 46.6. The zero-order valence-electron chi connectivity index (χ0n) is 11.5. The van der Waals surface area contributed by atoms with Gasteiger partial charge in [0.1, 0.15) is 0 Å². The fourth-order valence-electron chi connectivity index (χ4n) is 1.85. The van der Waals surface area contributed by atoms with Crippen molar-refractivity contribution >= 4 is 23.9 Å². The van der Waals surface area contributed by atoms with Gasteiger partial charge in [0.2, 0.25) is 0 Å². The second-order valence-electron chi connectivity index (χ2n) is 3.85. The summed E-state index contributed by atoms with van der Waals surface area (Å²) < 4.78 is 9.17. The Balaban J connectivity index is 6.06. The summed E-state index contributed by atoms with van der Waals surface area (Å²) in [7, 11) is 0. The van der Waals surface area contributed by atoms with Gasteiger partial charge in [-0.1, -0.05) is 6.92 Å². The molecule has 1 atom stereocenters. The molecule has 0 saturated carbocycles. The molecule has 0 aliphatic carbocycles. The van der Waals surface area contributed by atoms with Crippen LogP contribution >= 0.6 is 0 Å². The van der Waals surface area contributed by atoms with Crippen LogP contribution in [-0.2, 0) is 28.7 Å². The Morgan fingerprint density at radius 2 is 1.35 bits per heavy atom. The molecule has 1 unspecified atom stereocenters. The van der Waals surface area contributed by atoms with Crippen LogP contribution in [0, 0.1) is 11.3 Å². The van der Waals surface area contributed by atoms with Gasteiger partial charge >= 0.3 is 23.9 Å². The molecule has 8 heteroatoms. The molecule has 20 heavy (non-hydrogen) atoms. The highest BCUT2D eigenvalue weighted by molar-refractivity contribution is 6.19. The Hall–Kier alpha value is -2.12. The lowest BCUT2D eigenvalue weighted by Crippen LogP contribution is -2.55. The number of aliphatic carboxylic acids is 2. The molecule has 0 aliphatic heterocycles. The minimum Gasteiger partial charge on any atom is -0.481 e. The van der Waals surface area contributed by atoms with Crippen molar-refractivity contribution in [3.8, 4) is 0 Å². The first kappa shape index (κ1) is 17.9. The van der Waals surface area contributed by atoms with E-state index in [0.717, 1.165) is 0 Å². The molecule has 114 valence electrons. The van der Waals surface area contributed by atoms with Crippen molar-refractivity contribution in [1.29, 1.82) is 0 Å². The topological polar surface area (TPSA) is 127 Å². The Bertz CT molecular complexity index is 382. The predicted octanol–water partition coefficient (Wildman–Crippen LogP) is 0.294. The third kappa shape index (κ3) is 3.06. The van der Waals surface area contributed by atoms with Gasteiger partial charge in [-0.05, 0) is 20.3 Å². The van der Waals surface area contributed by atoms with Crippen LogP contribution < -0.4 is 0 Å². The van der Waals surface area contributed by atoms with E-state index >= 15 is 0 Å². The number of carbonyl (C=O) groups is 4. The smallest absolute Gasteiger partial charge is 0.336 e. The Kier molecular flexibility index (Phi) is 6.67. The van der Waals surface area contributed by atoms with Crippen molar-refractivity contribution in [3.05, 3.63) is 0 Å². The van der Waals surface area contributed by atoms with Gasteiger partial charge in [0.25, 0.3) is 5.41 Å². The maximum absolute atomic E-state index is 12.0. The predicted molar refractivity (Wildman–Crippen MR) is 64.8 cm³/mol. The van der Waals surface area contributed by atoms with Crippen molar-refractivity contribution in [3.63, 3.8) is 0 Å². The summed E-state index contributed by atoms with van der Waals surface area (Å²) in [6, 6.07) is 0. The molecule has 0 saturated heterocycles. The molecule has 0 radical (unpaired) electrons. The van der Waals surface area contributed by atoms with Crippen molar-refractivity contribution in [2.75, 3.05) is 13.2 Å². The minimum absolute atomic E-state index is 0.191. The van der Waals surface area contributed by atoms with Crippen LogP contribution in [0.3, 0.4) is 0 Å². The normalized spacial score (nSPS) is 12.3. The number of hydrogen-bond donors (Lipinski definition) is 2. The van der Waals surface area contributed by atoms with Gasteiger partial charge in [-0.3, -0.25) is 19.2 Å². The van der Waals surface area contributed by atoms with Crippen LogP contribution in [0.25, 0.3) is 0 Å². The average molecular weight is 290 g/mol. The van der Waals surface area contributed by atoms with Gasteiger partial charge in [-0.2, -0.15) is 0 Å². The fraction of sp³-hybridized carbons (Fsp3) is 0.667. The quantitative estimate of drug-likeness (QED) is 0.482. The molecule has 2 N–H and O–H groups in total. The number of esters is 2. The minimum atomic E-state index is -2.90. The van der Waals surface area contributed by atoms with Gasteiger partial charge < -0.3 is 19.7 Å². The largest absolute Gasteiger partial charge is 0.481 e. The van der Waals surface area contributed by atoms with Gasteiger partial charge in [0, 0.05) is 0 Å². The first-order chi connectivity index (χ1) is 9.30. The third-order valence-electron chi connectivity index (χ3n) is 2.76. The average Bonchev–Trinajstić information content (AvgIpc) is 2.34. The maximum atomic E-state index is 12.0. The monoisotopic (exact) mass is 290 g/mol. The molecule has 0 aliphatic rings. The standard InChI is InChI=1S/C12H18O8/c1-4-7(8(13)14)12(9(15)16,10(17)19-5-2)11(18)20-6-3/h7H,4-6H2,1-3H3,(H,13,14)(H,15,16). The van der Waals surface area contributed by atoms with Gasteiger partial charge in [-0.15, -0.1) is 0 Å². The van der Waals surface area contributed by atoms with Crippen LogP contribution in [0.4, 0.5) is 0 Å². The van der Waals surface area contributed by atoms with Crippen molar-refractivity contribution in [2.24, 2.45) is 11.3 Å². The van der Waals surface area contributed by atoms with Crippen molar-refractivity contribution in [2.45, 2.75) is 27.2 Å². The second-order valence-corrected chi connectivity index (χ2v) is 3.85. The van der Waals surface area contributed by atoms with Gasteiger partial charge in [0.15, 0.2) is 0 Å². The molecule has 0 rings (SSSR count). The van der Waals surface area contributed by atoms with E-state index in [9.17, 15) is 24.3 Å². The van der Waals surface area contributed by atoms with Gasteiger partial charge in [-0.25, -0.2) is 0 Å². The highest BCUT2D eigenvalue weighted by atomic mass is 16.6. The number of carbonyl (C=O) groups excluding carboxylic acids is 2. The summed E-state index contributed by atoms with van der Waals surface area (Å²) >= 11 is 0. The lowest BCUT2D eigenvalue weighted by atomic mass is 9.73. The highest BCUT2D eigenvalue weighted by Crippen LogP contribution is 2.35. The lowest BCUT2D eigenvalue weighted by molar-refractivity contribution is -0.190. The van der Waals surface area contributed by atoms with Crippen LogP contribution in [-0.4, -0.2) is 47.3 Å². The molecule has 0 aromatic rings. The van der Waals surface area contributed by atoms with E-state index < -0.39 is 35.2 Å². The summed E-state index contributed by atoms with van der Waals surface area (Å²) in [5.41, 5.74) is -2.90. The molecule has 0 aromatic heterocycles. The zero-order valence-corrected chi connectivity index (χ0v) is 11.5. The van der Waals surface area contributed by atoms with Crippen molar-refractivity contribution < 1.29 is 38.9 Å². The molecule has 0 fully saturated rings. The molecule has 0 aromatic carbocycles. The number of rotatable bonds is 8. The van der Waals surface area contributed by atoms with Gasteiger partial charge in [0.05, 0.1) is 19.1 Å². The highest BCUT2D eigenvalue weighted by Gasteiger charge is 2.63. The van der Waals surface area contributed by atoms with E-state index in [-0.39, 0.29) is 19.6 Å². The summed E-state index contributed by atoms with van der Waals surface area (Å²) in [6.07, 6.45) is -0.251. The van der Waals surface area contributed by atoms with E-state index in [1.807, 2.05) is 0 Å². The molecule has 0 heterocycles. The molecule has 8 nitrogen and oxygen atoms in total. The molecule has 0 amide bonds. The van der Waals surface area contributed by atoms with E-state index in [0.29, 0.717) is 0 Å². The molecular weight excluding hydrogens is 272 g/mol. The zero-order chi connectivity index (χ0) is 15.9. The lowest BCUT2D eigenvalue weighted by Gasteiger charge is -2.29.